The monoisotopic (exact) mass is 457 g/mol. The Morgan fingerprint density at radius 1 is 1.26 bits per heavy atom. The molecular formula is C23H27N3O3S2. The number of thiophene rings is 1. The number of rotatable bonds is 7. The number of aromatic nitrogens is 1. The minimum atomic E-state index is -0.354. The molecule has 2 heterocycles. The number of carbonyl (C=O) groups is 2. The van der Waals surface area contributed by atoms with Crippen molar-refractivity contribution >= 4 is 40.0 Å². The Labute approximate surface area is 191 Å². The van der Waals surface area contributed by atoms with Gasteiger partial charge in [-0.25, -0.2) is 9.78 Å². The SMILES string of the molecule is CCOC(=O)c1c(NC(=O)CCSc2nc(C)ccc2C#N)sc2c1CCCCCC2. The van der Waals surface area contributed by atoms with Gasteiger partial charge in [0.25, 0.3) is 0 Å². The maximum absolute atomic E-state index is 12.7. The summed E-state index contributed by atoms with van der Waals surface area (Å²) in [6.45, 7) is 3.97. The zero-order chi connectivity index (χ0) is 22.2. The molecule has 2 aromatic heterocycles. The van der Waals surface area contributed by atoms with E-state index in [1.165, 1.54) is 34.4 Å². The van der Waals surface area contributed by atoms with E-state index in [1.807, 2.05) is 6.92 Å². The number of ether oxygens (including phenoxy) is 1. The second kappa shape index (κ2) is 11.3. The van der Waals surface area contributed by atoms with Crippen LogP contribution in [0.5, 0.6) is 0 Å². The van der Waals surface area contributed by atoms with E-state index in [9.17, 15) is 14.9 Å². The number of fused-ring (bicyclic) bond motifs is 1. The molecule has 8 heteroatoms. The van der Waals surface area contributed by atoms with Gasteiger partial charge in [-0.3, -0.25) is 4.79 Å². The van der Waals surface area contributed by atoms with Crippen molar-refractivity contribution in [2.45, 2.75) is 63.8 Å². The molecule has 1 amide bonds. The van der Waals surface area contributed by atoms with E-state index in [0.717, 1.165) is 43.4 Å². The number of hydrogen-bond acceptors (Lipinski definition) is 7. The molecule has 0 bridgehead atoms. The van der Waals surface area contributed by atoms with Crippen LogP contribution in [0.4, 0.5) is 5.00 Å². The van der Waals surface area contributed by atoms with E-state index < -0.39 is 0 Å². The summed E-state index contributed by atoms with van der Waals surface area (Å²) in [5, 5.41) is 13.4. The summed E-state index contributed by atoms with van der Waals surface area (Å²) in [6, 6.07) is 5.69. The van der Waals surface area contributed by atoms with Crippen LogP contribution in [0.2, 0.25) is 0 Å². The second-order valence-electron chi connectivity index (χ2n) is 7.41. The van der Waals surface area contributed by atoms with Gasteiger partial charge >= 0.3 is 5.97 Å². The lowest BCUT2D eigenvalue weighted by atomic mass is 9.96. The van der Waals surface area contributed by atoms with Gasteiger partial charge in [0.2, 0.25) is 5.91 Å². The predicted octanol–water partition coefficient (Wildman–Crippen LogP) is 5.28. The van der Waals surface area contributed by atoms with Crippen molar-refractivity contribution in [1.82, 2.24) is 4.98 Å². The molecule has 0 saturated heterocycles. The van der Waals surface area contributed by atoms with Gasteiger partial charge in [-0.05, 0) is 57.2 Å². The van der Waals surface area contributed by atoms with Gasteiger partial charge in [0.1, 0.15) is 16.1 Å². The first-order valence-corrected chi connectivity index (χ1v) is 12.5. The standard InChI is InChI=1S/C23H27N3O3S2/c1-3-29-23(28)20-17-8-6-4-5-7-9-18(17)31-22(20)26-19(27)12-13-30-21-16(14-24)11-10-15(2)25-21/h10-11H,3-9,12-13H2,1-2H3,(H,26,27). The van der Waals surface area contributed by atoms with Gasteiger partial charge in [-0.15, -0.1) is 23.1 Å². The first kappa shape index (κ1) is 23.3. The summed E-state index contributed by atoms with van der Waals surface area (Å²) in [6.07, 6.45) is 6.55. The Hall–Kier alpha value is -2.37. The van der Waals surface area contributed by atoms with Gasteiger partial charge in [0.15, 0.2) is 0 Å². The number of hydrogen-bond donors (Lipinski definition) is 1. The van der Waals surface area contributed by atoms with Crippen LogP contribution >= 0.6 is 23.1 Å². The third kappa shape index (κ3) is 6.08. The second-order valence-corrected chi connectivity index (χ2v) is 9.60. The normalized spacial score (nSPS) is 13.5. The smallest absolute Gasteiger partial charge is 0.341 e. The van der Waals surface area contributed by atoms with Crippen molar-refractivity contribution in [1.29, 1.82) is 5.26 Å². The Morgan fingerprint density at radius 2 is 2.03 bits per heavy atom. The molecule has 1 N–H and O–H groups in total. The molecule has 0 fully saturated rings. The van der Waals surface area contributed by atoms with E-state index in [2.05, 4.69) is 16.4 Å². The first-order valence-electron chi connectivity index (χ1n) is 10.7. The van der Waals surface area contributed by atoms with Crippen LogP contribution < -0.4 is 5.32 Å². The fraction of sp³-hybridized carbons (Fsp3) is 0.478. The molecule has 0 saturated carbocycles. The molecule has 1 aliphatic rings. The Bertz CT molecular complexity index is 995. The van der Waals surface area contributed by atoms with Gasteiger partial charge < -0.3 is 10.1 Å². The van der Waals surface area contributed by atoms with Crippen LogP contribution in [0, 0.1) is 18.3 Å². The summed E-state index contributed by atoms with van der Waals surface area (Å²) in [7, 11) is 0. The third-order valence-corrected chi connectivity index (χ3v) is 7.29. The highest BCUT2D eigenvalue weighted by molar-refractivity contribution is 7.99. The fourth-order valence-corrected chi connectivity index (χ4v) is 5.84. The predicted molar refractivity (Wildman–Crippen MR) is 124 cm³/mol. The van der Waals surface area contributed by atoms with Crippen molar-refractivity contribution in [2.75, 3.05) is 17.7 Å². The Balaban J connectivity index is 1.70. The first-order chi connectivity index (χ1) is 15.0. The quantitative estimate of drug-likeness (QED) is 0.449. The molecule has 0 atom stereocenters. The topological polar surface area (TPSA) is 92.1 Å². The molecular weight excluding hydrogens is 430 g/mol. The van der Waals surface area contributed by atoms with Crippen molar-refractivity contribution in [3.63, 3.8) is 0 Å². The van der Waals surface area contributed by atoms with Crippen LogP contribution in [0.1, 0.15) is 71.1 Å². The van der Waals surface area contributed by atoms with Crippen molar-refractivity contribution in [2.24, 2.45) is 0 Å². The van der Waals surface area contributed by atoms with Crippen LogP contribution in [0.25, 0.3) is 0 Å². The zero-order valence-corrected chi connectivity index (χ0v) is 19.6. The number of nitrogens with one attached hydrogen (secondary N) is 1. The van der Waals surface area contributed by atoms with E-state index in [4.69, 9.17) is 4.74 Å². The number of aryl methyl sites for hydroxylation is 2. The number of nitriles is 1. The molecule has 0 radical (unpaired) electrons. The minimum Gasteiger partial charge on any atom is -0.462 e. The van der Waals surface area contributed by atoms with E-state index in [0.29, 0.717) is 33.5 Å². The number of nitrogens with zero attached hydrogens (tertiary/aromatic N) is 2. The van der Waals surface area contributed by atoms with E-state index in [1.54, 1.807) is 19.1 Å². The van der Waals surface area contributed by atoms with Crippen molar-refractivity contribution in [3.05, 3.63) is 39.4 Å². The third-order valence-electron chi connectivity index (χ3n) is 5.09. The molecule has 0 spiro atoms. The molecule has 0 unspecified atom stereocenters. The maximum Gasteiger partial charge on any atom is 0.341 e. The van der Waals surface area contributed by atoms with Gasteiger partial charge in [-0.1, -0.05) is 12.8 Å². The molecule has 0 aromatic carbocycles. The van der Waals surface area contributed by atoms with Crippen LogP contribution in [0.15, 0.2) is 17.2 Å². The highest BCUT2D eigenvalue weighted by atomic mass is 32.2. The molecule has 3 rings (SSSR count). The summed E-state index contributed by atoms with van der Waals surface area (Å²) in [5.41, 5.74) is 2.94. The zero-order valence-electron chi connectivity index (χ0n) is 18.0. The summed E-state index contributed by atoms with van der Waals surface area (Å²) < 4.78 is 5.30. The summed E-state index contributed by atoms with van der Waals surface area (Å²) in [5.74, 6) is -0.0112. The molecule has 1 aliphatic carbocycles. The molecule has 0 aliphatic heterocycles. The highest BCUT2D eigenvalue weighted by Gasteiger charge is 2.26. The van der Waals surface area contributed by atoms with E-state index >= 15 is 0 Å². The average Bonchev–Trinajstić information content (AvgIpc) is 3.04. The van der Waals surface area contributed by atoms with E-state index in [-0.39, 0.29) is 18.3 Å². The largest absolute Gasteiger partial charge is 0.462 e. The average molecular weight is 458 g/mol. The lowest BCUT2D eigenvalue weighted by Gasteiger charge is -2.11. The molecule has 164 valence electrons. The van der Waals surface area contributed by atoms with Crippen LogP contribution in [-0.2, 0) is 22.4 Å². The lowest BCUT2D eigenvalue weighted by molar-refractivity contribution is -0.115. The maximum atomic E-state index is 12.7. The number of thioether (sulfide) groups is 1. The summed E-state index contributed by atoms with van der Waals surface area (Å²) in [4.78, 5) is 30.9. The number of esters is 1. The number of amides is 1. The van der Waals surface area contributed by atoms with Crippen LogP contribution in [-0.4, -0.2) is 29.2 Å². The molecule has 2 aromatic rings. The molecule has 31 heavy (non-hydrogen) atoms. The van der Waals surface area contributed by atoms with Gasteiger partial charge in [-0.2, -0.15) is 5.26 Å². The highest BCUT2D eigenvalue weighted by Crippen LogP contribution is 2.37. The minimum absolute atomic E-state index is 0.154. The van der Waals surface area contributed by atoms with Crippen molar-refractivity contribution in [3.8, 4) is 6.07 Å². The summed E-state index contributed by atoms with van der Waals surface area (Å²) >= 11 is 2.90. The Kier molecular flexibility index (Phi) is 8.50. The van der Waals surface area contributed by atoms with Crippen LogP contribution in [0.3, 0.4) is 0 Å². The Morgan fingerprint density at radius 3 is 2.77 bits per heavy atom. The molecule has 6 nitrogen and oxygen atoms in total. The van der Waals surface area contributed by atoms with Crippen molar-refractivity contribution < 1.29 is 14.3 Å². The fourth-order valence-electron chi connectivity index (χ4n) is 3.58. The van der Waals surface area contributed by atoms with Gasteiger partial charge in [0.05, 0.1) is 17.7 Å². The number of anilines is 1. The number of carbonyl (C=O) groups excluding carboxylic acids is 2. The lowest BCUT2D eigenvalue weighted by Crippen LogP contribution is -2.15. The number of pyridine rings is 1. The van der Waals surface area contributed by atoms with Gasteiger partial charge in [0, 0.05) is 22.7 Å².